The highest BCUT2D eigenvalue weighted by Crippen LogP contribution is 2.27. The maximum Gasteiger partial charge on any atom is 0.329 e. The minimum atomic E-state index is -0.736. The number of carbonyl (C=O) groups excluding carboxylic acids is 3. The summed E-state index contributed by atoms with van der Waals surface area (Å²) in [6.07, 6.45) is 0.257. The van der Waals surface area contributed by atoms with E-state index >= 15 is 0 Å². The molecule has 1 heterocycles. The molecule has 1 saturated heterocycles. The van der Waals surface area contributed by atoms with E-state index in [4.69, 9.17) is 4.74 Å². The van der Waals surface area contributed by atoms with Crippen molar-refractivity contribution in [1.29, 1.82) is 0 Å². The van der Waals surface area contributed by atoms with E-state index in [0.29, 0.717) is 17.2 Å². The molecule has 3 rings (SSSR count). The number of hydrogen-bond acceptors (Lipinski definition) is 5. The molecule has 0 saturated carbocycles. The van der Waals surface area contributed by atoms with Gasteiger partial charge in [-0.1, -0.05) is 12.1 Å². The maximum atomic E-state index is 12.5. The van der Waals surface area contributed by atoms with Crippen LogP contribution in [0.5, 0.6) is 11.5 Å². The lowest BCUT2D eigenvalue weighted by Crippen LogP contribution is -2.31. The van der Waals surface area contributed by atoms with Gasteiger partial charge in [-0.2, -0.15) is 0 Å². The van der Waals surface area contributed by atoms with E-state index in [1.165, 1.54) is 7.11 Å². The van der Waals surface area contributed by atoms with Crippen molar-refractivity contribution in [3.63, 3.8) is 0 Å². The van der Waals surface area contributed by atoms with Gasteiger partial charge >= 0.3 is 12.0 Å². The topological polar surface area (TPSA) is 84.9 Å². The first-order valence-corrected chi connectivity index (χ1v) is 8.54. The van der Waals surface area contributed by atoms with Crippen LogP contribution in [0, 0.1) is 6.92 Å². The van der Waals surface area contributed by atoms with Gasteiger partial charge in [0.05, 0.1) is 12.8 Å². The fourth-order valence-electron chi connectivity index (χ4n) is 2.81. The first kappa shape index (κ1) is 18.4. The Hall–Kier alpha value is -3.35. The summed E-state index contributed by atoms with van der Waals surface area (Å²) >= 11 is 0. The Morgan fingerprint density at radius 1 is 1.11 bits per heavy atom. The lowest BCUT2D eigenvalue weighted by molar-refractivity contribution is -0.140. The Labute approximate surface area is 156 Å². The third kappa shape index (κ3) is 4.25. The highest BCUT2D eigenvalue weighted by atomic mass is 16.5. The summed E-state index contributed by atoms with van der Waals surface area (Å²) in [5.41, 5.74) is 1.52. The Morgan fingerprint density at radius 3 is 2.52 bits per heavy atom. The average Bonchev–Trinajstić information content (AvgIpc) is 2.94. The number of benzene rings is 2. The lowest BCUT2D eigenvalue weighted by atomic mass is 10.1. The molecular weight excluding hydrogens is 348 g/mol. The van der Waals surface area contributed by atoms with Crippen molar-refractivity contribution < 1.29 is 23.9 Å². The predicted octanol–water partition coefficient (Wildman–Crippen LogP) is 3.17. The van der Waals surface area contributed by atoms with Crippen LogP contribution in [0.1, 0.15) is 18.4 Å². The van der Waals surface area contributed by atoms with Gasteiger partial charge in [0.1, 0.15) is 17.5 Å². The number of aryl methyl sites for hydroxylation is 1. The molecule has 1 fully saturated rings. The van der Waals surface area contributed by atoms with Gasteiger partial charge in [0.25, 0.3) is 5.91 Å². The molecule has 27 heavy (non-hydrogen) atoms. The van der Waals surface area contributed by atoms with E-state index in [0.717, 1.165) is 10.5 Å². The molecule has 0 bridgehead atoms. The number of esters is 1. The average molecular weight is 368 g/mol. The van der Waals surface area contributed by atoms with Crippen molar-refractivity contribution in [1.82, 2.24) is 5.32 Å². The fourth-order valence-corrected chi connectivity index (χ4v) is 2.81. The van der Waals surface area contributed by atoms with E-state index < -0.39 is 23.9 Å². The summed E-state index contributed by atoms with van der Waals surface area (Å²) in [7, 11) is 1.28. The first-order chi connectivity index (χ1) is 13.0. The van der Waals surface area contributed by atoms with Crippen molar-refractivity contribution >= 4 is 23.6 Å². The number of amides is 3. The fraction of sp³-hybridized carbons (Fsp3) is 0.250. The monoisotopic (exact) mass is 368 g/mol. The van der Waals surface area contributed by atoms with Gasteiger partial charge in [0.15, 0.2) is 0 Å². The summed E-state index contributed by atoms with van der Waals surface area (Å²) in [6, 6.07) is 13.1. The highest BCUT2D eigenvalue weighted by Gasteiger charge is 2.38. The molecule has 7 heteroatoms. The van der Waals surface area contributed by atoms with Crippen LogP contribution in [-0.2, 0) is 14.3 Å². The normalized spacial score (nSPS) is 16.2. The van der Waals surface area contributed by atoms with Gasteiger partial charge < -0.3 is 14.8 Å². The third-order valence-electron chi connectivity index (χ3n) is 4.20. The van der Waals surface area contributed by atoms with E-state index in [9.17, 15) is 14.4 Å². The van der Waals surface area contributed by atoms with Gasteiger partial charge in [0.2, 0.25) is 0 Å². The summed E-state index contributed by atoms with van der Waals surface area (Å²) in [6.45, 7) is 1.98. The number of carbonyl (C=O) groups is 3. The van der Waals surface area contributed by atoms with Gasteiger partial charge in [0, 0.05) is 6.42 Å². The zero-order valence-corrected chi connectivity index (χ0v) is 15.1. The number of nitrogens with zero attached hydrogens (tertiary/aromatic N) is 1. The molecule has 3 amide bonds. The molecule has 1 aliphatic heterocycles. The van der Waals surface area contributed by atoms with Gasteiger partial charge in [-0.15, -0.1) is 0 Å². The van der Waals surface area contributed by atoms with Crippen molar-refractivity contribution in [2.75, 3.05) is 12.0 Å². The van der Waals surface area contributed by atoms with Crippen molar-refractivity contribution in [2.24, 2.45) is 0 Å². The summed E-state index contributed by atoms with van der Waals surface area (Å²) in [5.74, 6) is 0.490. The van der Waals surface area contributed by atoms with Crippen LogP contribution >= 0.6 is 0 Å². The molecular formula is C20H20N2O5. The van der Waals surface area contributed by atoms with Gasteiger partial charge in [-0.25, -0.2) is 9.69 Å². The highest BCUT2D eigenvalue weighted by molar-refractivity contribution is 6.21. The quantitative estimate of drug-likeness (QED) is 0.625. The van der Waals surface area contributed by atoms with Crippen LogP contribution in [0.15, 0.2) is 48.5 Å². The van der Waals surface area contributed by atoms with Crippen LogP contribution in [-0.4, -0.2) is 31.1 Å². The van der Waals surface area contributed by atoms with Crippen LogP contribution in [0.3, 0.4) is 0 Å². The number of imide groups is 1. The van der Waals surface area contributed by atoms with Crippen molar-refractivity contribution in [2.45, 2.75) is 25.8 Å². The minimum absolute atomic E-state index is 0.0598. The summed E-state index contributed by atoms with van der Waals surface area (Å²) < 4.78 is 10.3. The minimum Gasteiger partial charge on any atom is -0.469 e. The molecule has 0 radical (unpaired) electrons. The molecule has 140 valence electrons. The molecule has 0 aliphatic carbocycles. The zero-order chi connectivity index (χ0) is 19.4. The van der Waals surface area contributed by atoms with Crippen molar-refractivity contribution in [3.05, 3.63) is 54.1 Å². The van der Waals surface area contributed by atoms with Crippen LogP contribution in [0.2, 0.25) is 0 Å². The second-order valence-corrected chi connectivity index (χ2v) is 6.20. The van der Waals surface area contributed by atoms with Crippen LogP contribution in [0.4, 0.5) is 10.5 Å². The molecule has 7 nitrogen and oxygen atoms in total. The number of anilines is 1. The van der Waals surface area contributed by atoms with Gasteiger partial charge in [-0.3, -0.25) is 9.59 Å². The lowest BCUT2D eigenvalue weighted by Gasteiger charge is -2.14. The van der Waals surface area contributed by atoms with Crippen molar-refractivity contribution in [3.8, 4) is 11.5 Å². The Balaban J connectivity index is 1.68. The summed E-state index contributed by atoms with van der Waals surface area (Å²) in [4.78, 5) is 37.0. The number of hydrogen-bond donors (Lipinski definition) is 1. The Bertz CT molecular complexity index is 863. The van der Waals surface area contributed by atoms with E-state index in [1.807, 2.05) is 31.2 Å². The maximum absolute atomic E-state index is 12.5. The standard InChI is InChI=1S/C20H20N2O5/c1-13-4-3-5-16(12-13)27-15-8-6-14(7-9-15)22-19(24)17(21-20(22)25)10-11-18(23)26-2/h3-9,12,17H,10-11H2,1-2H3,(H,21,25)/t17-/m1/s1. The molecule has 2 aromatic rings. The number of nitrogens with one attached hydrogen (secondary N) is 1. The SMILES string of the molecule is COC(=O)CC[C@H]1NC(=O)N(c2ccc(Oc3cccc(C)c3)cc2)C1=O. The van der Waals surface area contributed by atoms with E-state index in [2.05, 4.69) is 10.1 Å². The molecule has 1 aliphatic rings. The first-order valence-electron chi connectivity index (χ1n) is 8.54. The van der Waals surface area contributed by atoms with Crippen LogP contribution in [0.25, 0.3) is 0 Å². The largest absolute Gasteiger partial charge is 0.469 e. The number of methoxy groups -OCH3 is 1. The second-order valence-electron chi connectivity index (χ2n) is 6.20. The predicted molar refractivity (Wildman–Crippen MR) is 98.8 cm³/mol. The van der Waals surface area contributed by atoms with Gasteiger partial charge in [-0.05, 0) is 55.3 Å². The molecule has 0 unspecified atom stereocenters. The zero-order valence-electron chi connectivity index (χ0n) is 15.1. The molecule has 2 aromatic carbocycles. The Morgan fingerprint density at radius 2 is 1.85 bits per heavy atom. The molecule has 1 atom stereocenters. The number of rotatable bonds is 6. The Kier molecular flexibility index (Phi) is 5.40. The molecule has 0 spiro atoms. The second kappa shape index (κ2) is 7.90. The number of ether oxygens (including phenoxy) is 2. The van der Waals surface area contributed by atoms with Crippen LogP contribution < -0.4 is 15.0 Å². The smallest absolute Gasteiger partial charge is 0.329 e. The summed E-state index contributed by atoms with van der Waals surface area (Å²) in [5, 5.41) is 2.59. The molecule has 0 aromatic heterocycles. The number of urea groups is 1. The third-order valence-corrected chi connectivity index (χ3v) is 4.20. The molecule has 1 N–H and O–H groups in total. The van der Waals surface area contributed by atoms with E-state index in [-0.39, 0.29) is 12.8 Å². The van der Waals surface area contributed by atoms with E-state index in [1.54, 1.807) is 24.3 Å².